The number of amides is 1. The van der Waals surface area contributed by atoms with Crippen molar-refractivity contribution in [2.45, 2.75) is 6.54 Å². The molecule has 3 N–H and O–H groups in total. The molecule has 0 atom stereocenters. The maximum absolute atomic E-state index is 12.9. The summed E-state index contributed by atoms with van der Waals surface area (Å²) in [6.45, 7) is 5.27. The van der Waals surface area contributed by atoms with Gasteiger partial charge < -0.3 is 20.3 Å². The molecule has 174 valence electrons. The Morgan fingerprint density at radius 1 is 1.06 bits per heavy atom. The Morgan fingerprint density at radius 3 is 2.59 bits per heavy atom. The number of nitrogens with one attached hydrogen (secondary N) is 2. The van der Waals surface area contributed by atoms with Crippen LogP contribution in [0.25, 0.3) is 22.4 Å². The average molecular weight is 520 g/mol. The monoisotopic (exact) mass is 519 g/mol. The maximum Gasteiger partial charge on any atom is 0.255 e. The minimum absolute atomic E-state index is 0.135. The third-order valence-corrected chi connectivity index (χ3v) is 6.66. The topological polar surface area (TPSA) is 84.5 Å². The number of hydrogen-bond acceptors (Lipinski definition) is 5. The second kappa shape index (κ2) is 9.58. The van der Waals surface area contributed by atoms with E-state index in [0.717, 1.165) is 53.9 Å². The molecule has 1 aromatic heterocycles. The predicted octanol–water partition coefficient (Wildman–Crippen LogP) is 4.70. The summed E-state index contributed by atoms with van der Waals surface area (Å²) < 4.78 is 0.843. The van der Waals surface area contributed by atoms with Crippen molar-refractivity contribution in [3.05, 3.63) is 76.3 Å². The van der Waals surface area contributed by atoms with Crippen LogP contribution >= 0.6 is 15.9 Å². The number of likely N-dealkylation sites (N-methyl/N-ethyl adjacent to an activating group) is 1. The highest BCUT2D eigenvalue weighted by atomic mass is 79.9. The molecule has 2 heterocycles. The third-order valence-electron chi connectivity index (χ3n) is 6.17. The highest BCUT2D eigenvalue weighted by Gasteiger charge is 2.15. The van der Waals surface area contributed by atoms with Crippen LogP contribution < -0.4 is 5.32 Å². The zero-order chi connectivity index (χ0) is 23.7. The Kier molecular flexibility index (Phi) is 6.36. The van der Waals surface area contributed by atoms with Gasteiger partial charge in [0, 0.05) is 48.4 Å². The van der Waals surface area contributed by atoms with Crippen molar-refractivity contribution in [3.8, 4) is 17.1 Å². The highest BCUT2D eigenvalue weighted by Crippen LogP contribution is 2.31. The van der Waals surface area contributed by atoms with E-state index in [1.807, 2.05) is 12.1 Å². The summed E-state index contributed by atoms with van der Waals surface area (Å²) >= 11 is 3.42. The number of halogens is 1. The van der Waals surface area contributed by atoms with Gasteiger partial charge in [-0.15, -0.1) is 0 Å². The number of aromatic amines is 1. The number of hydrogen-bond donors (Lipinski definition) is 3. The highest BCUT2D eigenvalue weighted by molar-refractivity contribution is 9.10. The molecule has 1 aliphatic rings. The Balaban J connectivity index is 1.27. The summed E-state index contributed by atoms with van der Waals surface area (Å²) in [5.41, 5.74) is 4.57. The van der Waals surface area contributed by atoms with E-state index in [2.05, 4.69) is 60.2 Å². The Hall–Kier alpha value is -3.20. The molecular weight excluding hydrogens is 494 g/mol. The number of nitrogens with zero attached hydrogens (tertiary/aromatic N) is 3. The number of phenolic OH excluding ortho intramolecular Hbond substituents is 1. The standard InChI is InChI=1S/C26H26BrN5O2/c1-31-10-12-32(13-11-31)16-17-2-6-20(7-3-17)28-26(34)18-4-8-22-23(14-18)30-25(29-22)21-15-19(27)5-9-24(21)33/h2-9,14-15,33H,10-13,16H2,1H3,(H,28,34)(H,29,30). The summed E-state index contributed by atoms with van der Waals surface area (Å²) in [5.74, 6) is 0.494. The minimum atomic E-state index is -0.185. The van der Waals surface area contributed by atoms with Crippen LogP contribution in [0.1, 0.15) is 15.9 Å². The lowest BCUT2D eigenvalue weighted by atomic mass is 10.1. The number of carbonyl (C=O) groups excluding carboxylic acids is 1. The Bertz CT molecular complexity index is 1330. The molecular formula is C26H26BrN5O2. The zero-order valence-electron chi connectivity index (χ0n) is 18.9. The lowest BCUT2D eigenvalue weighted by Gasteiger charge is -2.32. The van der Waals surface area contributed by atoms with E-state index in [-0.39, 0.29) is 11.7 Å². The van der Waals surface area contributed by atoms with Crippen LogP contribution in [0.3, 0.4) is 0 Å². The van der Waals surface area contributed by atoms with E-state index in [0.29, 0.717) is 17.0 Å². The van der Waals surface area contributed by atoms with E-state index >= 15 is 0 Å². The van der Waals surface area contributed by atoms with Gasteiger partial charge in [-0.05, 0) is 61.1 Å². The summed E-state index contributed by atoms with van der Waals surface area (Å²) in [7, 11) is 2.16. The first kappa shape index (κ1) is 22.6. The van der Waals surface area contributed by atoms with E-state index in [1.54, 1.807) is 36.4 Å². The number of piperazine rings is 1. The predicted molar refractivity (Wildman–Crippen MR) is 138 cm³/mol. The van der Waals surface area contributed by atoms with Crippen molar-refractivity contribution in [1.29, 1.82) is 0 Å². The number of imidazole rings is 1. The van der Waals surface area contributed by atoms with Crippen LogP contribution in [0.15, 0.2) is 65.1 Å². The largest absolute Gasteiger partial charge is 0.507 e. The molecule has 1 aliphatic heterocycles. The lowest BCUT2D eigenvalue weighted by molar-refractivity contribution is 0.102. The summed E-state index contributed by atoms with van der Waals surface area (Å²) in [6.07, 6.45) is 0. The van der Waals surface area contributed by atoms with Crippen molar-refractivity contribution >= 4 is 38.6 Å². The fourth-order valence-electron chi connectivity index (χ4n) is 4.14. The van der Waals surface area contributed by atoms with Crippen LogP contribution in [-0.2, 0) is 6.54 Å². The first-order chi connectivity index (χ1) is 16.4. The molecule has 1 amide bonds. The molecule has 0 saturated carbocycles. The minimum Gasteiger partial charge on any atom is -0.507 e. The van der Waals surface area contributed by atoms with Gasteiger partial charge in [0.2, 0.25) is 0 Å². The Labute approximate surface area is 206 Å². The molecule has 0 bridgehead atoms. The number of rotatable bonds is 5. The van der Waals surface area contributed by atoms with Crippen LogP contribution in [0.4, 0.5) is 5.69 Å². The van der Waals surface area contributed by atoms with Gasteiger partial charge >= 0.3 is 0 Å². The van der Waals surface area contributed by atoms with Gasteiger partial charge in [-0.25, -0.2) is 4.98 Å². The molecule has 0 spiro atoms. The van der Waals surface area contributed by atoms with Gasteiger partial charge in [0.25, 0.3) is 5.91 Å². The van der Waals surface area contributed by atoms with Gasteiger partial charge in [-0.2, -0.15) is 0 Å². The molecule has 5 rings (SSSR count). The van der Waals surface area contributed by atoms with Crippen LogP contribution in [0, 0.1) is 0 Å². The SMILES string of the molecule is CN1CCN(Cc2ccc(NC(=O)c3ccc4nc(-c5cc(Br)ccc5O)[nH]c4c3)cc2)CC1. The summed E-state index contributed by atoms with van der Waals surface area (Å²) in [6, 6.07) is 18.6. The summed E-state index contributed by atoms with van der Waals surface area (Å²) in [5, 5.41) is 13.2. The number of aromatic hydroxyl groups is 1. The number of aromatic nitrogens is 2. The molecule has 3 aromatic carbocycles. The average Bonchev–Trinajstić information content (AvgIpc) is 3.26. The van der Waals surface area contributed by atoms with Gasteiger partial charge in [0.15, 0.2) is 0 Å². The fourth-order valence-corrected chi connectivity index (χ4v) is 4.50. The second-order valence-electron chi connectivity index (χ2n) is 8.71. The molecule has 0 radical (unpaired) electrons. The number of anilines is 1. The fraction of sp³-hybridized carbons (Fsp3) is 0.231. The first-order valence-electron chi connectivity index (χ1n) is 11.2. The van der Waals surface area contributed by atoms with Crippen molar-refractivity contribution in [3.63, 3.8) is 0 Å². The maximum atomic E-state index is 12.9. The lowest BCUT2D eigenvalue weighted by Crippen LogP contribution is -2.43. The number of H-pyrrole nitrogens is 1. The molecule has 0 unspecified atom stereocenters. The van der Waals surface area contributed by atoms with E-state index in [4.69, 9.17) is 0 Å². The van der Waals surface area contributed by atoms with Crippen molar-refractivity contribution in [2.24, 2.45) is 0 Å². The molecule has 34 heavy (non-hydrogen) atoms. The second-order valence-corrected chi connectivity index (χ2v) is 9.62. The van der Waals surface area contributed by atoms with E-state index in [1.165, 1.54) is 5.56 Å². The molecule has 1 fully saturated rings. The molecule has 0 aliphatic carbocycles. The van der Waals surface area contributed by atoms with Crippen molar-refractivity contribution in [2.75, 3.05) is 38.5 Å². The van der Waals surface area contributed by atoms with Crippen LogP contribution in [-0.4, -0.2) is 64.0 Å². The Morgan fingerprint density at radius 2 is 1.82 bits per heavy atom. The third kappa shape index (κ3) is 4.99. The van der Waals surface area contributed by atoms with E-state index in [9.17, 15) is 9.90 Å². The quantitative estimate of drug-likeness (QED) is 0.356. The zero-order valence-corrected chi connectivity index (χ0v) is 20.5. The molecule has 4 aromatic rings. The smallest absolute Gasteiger partial charge is 0.255 e. The number of phenols is 1. The first-order valence-corrected chi connectivity index (χ1v) is 12.0. The number of fused-ring (bicyclic) bond motifs is 1. The van der Waals surface area contributed by atoms with Gasteiger partial charge in [0.05, 0.1) is 16.6 Å². The van der Waals surface area contributed by atoms with Crippen LogP contribution in [0.5, 0.6) is 5.75 Å². The number of carbonyl (C=O) groups is 1. The van der Waals surface area contributed by atoms with Crippen LogP contribution in [0.2, 0.25) is 0 Å². The molecule has 8 heteroatoms. The number of benzene rings is 3. The van der Waals surface area contributed by atoms with Gasteiger partial charge in [-0.3, -0.25) is 9.69 Å². The molecule has 7 nitrogen and oxygen atoms in total. The summed E-state index contributed by atoms with van der Waals surface area (Å²) in [4.78, 5) is 25.4. The molecule has 1 saturated heterocycles. The van der Waals surface area contributed by atoms with Gasteiger partial charge in [0.1, 0.15) is 11.6 Å². The van der Waals surface area contributed by atoms with Gasteiger partial charge in [-0.1, -0.05) is 28.1 Å². The van der Waals surface area contributed by atoms with Crippen molar-refractivity contribution < 1.29 is 9.90 Å². The van der Waals surface area contributed by atoms with Crippen molar-refractivity contribution in [1.82, 2.24) is 19.8 Å². The normalized spacial score (nSPS) is 15.0. The van der Waals surface area contributed by atoms with E-state index < -0.39 is 0 Å².